The number of rotatable bonds is 5. The van der Waals surface area contributed by atoms with Crippen LogP contribution >= 0.6 is 0 Å². The van der Waals surface area contributed by atoms with Crippen LogP contribution in [0.2, 0.25) is 0 Å². The average Bonchev–Trinajstić information content (AvgIpc) is 3.37. The van der Waals surface area contributed by atoms with E-state index in [1.165, 1.54) is 12.1 Å². The number of pyridine rings is 1. The van der Waals surface area contributed by atoms with Gasteiger partial charge in [-0.15, -0.1) is 0 Å². The number of carbonyl (C=O) groups is 1. The molecule has 0 bridgehead atoms. The molecule has 25 heavy (non-hydrogen) atoms. The first-order chi connectivity index (χ1) is 12.2. The van der Waals surface area contributed by atoms with E-state index in [1.807, 2.05) is 23.1 Å². The molecule has 4 rings (SSSR count). The topological polar surface area (TPSA) is 46.3 Å². The molecule has 0 atom stereocenters. The highest BCUT2D eigenvalue weighted by Crippen LogP contribution is 2.31. The highest BCUT2D eigenvalue weighted by molar-refractivity contribution is 5.92. The predicted molar refractivity (Wildman–Crippen MR) is 91.2 cm³/mol. The molecule has 1 aromatic carbocycles. The van der Waals surface area contributed by atoms with Crippen LogP contribution in [-0.4, -0.2) is 21.8 Å². The van der Waals surface area contributed by atoms with E-state index in [1.54, 1.807) is 30.5 Å². The second-order valence-electron chi connectivity index (χ2n) is 6.16. The first-order valence-corrected chi connectivity index (χ1v) is 8.27. The Balaban J connectivity index is 1.55. The zero-order valence-corrected chi connectivity index (χ0v) is 13.6. The second-order valence-corrected chi connectivity index (χ2v) is 6.16. The third kappa shape index (κ3) is 3.45. The van der Waals surface area contributed by atoms with Gasteiger partial charge in [0.1, 0.15) is 11.6 Å². The Labute approximate surface area is 144 Å². The normalized spacial score (nSPS) is 13.6. The first-order valence-electron chi connectivity index (χ1n) is 8.27. The molecule has 0 N–H and O–H groups in total. The van der Waals surface area contributed by atoms with Crippen molar-refractivity contribution in [3.05, 3.63) is 78.1 Å². The summed E-state index contributed by atoms with van der Waals surface area (Å²) in [6.45, 7) is 0.469. The minimum absolute atomic E-state index is 0.137. The molecule has 4 nitrogen and oxygen atoms in total. The molecule has 2 aromatic heterocycles. The van der Waals surface area contributed by atoms with E-state index in [-0.39, 0.29) is 17.8 Å². The molecule has 126 valence electrons. The number of halogens is 1. The maximum Gasteiger partial charge on any atom is 0.290 e. The van der Waals surface area contributed by atoms with Gasteiger partial charge in [-0.2, -0.15) is 0 Å². The molecule has 2 heterocycles. The van der Waals surface area contributed by atoms with E-state index in [4.69, 9.17) is 4.42 Å². The standard InChI is InChI=1S/C20H17FN2O2/c21-15-6-4-14(5-7-15)18-10-11-19(25-18)20(24)23(17-8-9-17)13-16-3-1-2-12-22-16/h1-7,10-12,17H,8-9,13H2. The largest absolute Gasteiger partial charge is 0.451 e. The number of carbonyl (C=O) groups excluding carboxylic acids is 1. The van der Waals surface area contributed by atoms with Crippen LogP contribution in [0.3, 0.4) is 0 Å². The smallest absolute Gasteiger partial charge is 0.290 e. The monoisotopic (exact) mass is 336 g/mol. The lowest BCUT2D eigenvalue weighted by atomic mass is 10.2. The highest BCUT2D eigenvalue weighted by atomic mass is 19.1. The summed E-state index contributed by atoms with van der Waals surface area (Å²) in [5, 5.41) is 0. The van der Waals surface area contributed by atoms with Gasteiger partial charge in [0.2, 0.25) is 0 Å². The van der Waals surface area contributed by atoms with Crippen LogP contribution in [0.5, 0.6) is 0 Å². The SMILES string of the molecule is O=C(c1ccc(-c2ccc(F)cc2)o1)N(Cc1ccccn1)C1CC1. The van der Waals surface area contributed by atoms with E-state index in [2.05, 4.69) is 4.98 Å². The predicted octanol–water partition coefficient (Wildman–Crippen LogP) is 4.29. The lowest BCUT2D eigenvalue weighted by Crippen LogP contribution is -2.32. The van der Waals surface area contributed by atoms with Crippen molar-refractivity contribution in [1.82, 2.24) is 9.88 Å². The molecule has 1 aliphatic carbocycles. The maximum atomic E-state index is 13.0. The molecule has 1 fully saturated rings. The van der Waals surface area contributed by atoms with E-state index in [0.29, 0.717) is 18.1 Å². The van der Waals surface area contributed by atoms with Gasteiger partial charge in [0, 0.05) is 17.8 Å². The van der Waals surface area contributed by atoms with Crippen LogP contribution in [0.1, 0.15) is 29.1 Å². The van der Waals surface area contributed by atoms with Crippen molar-refractivity contribution in [2.75, 3.05) is 0 Å². The Bertz CT molecular complexity index is 870. The molecule has 3 aromatic rings. The van der Waals surface area contributed by atoms with Gasteiger partial charge in [-0.25, -0.2) is 4.39 Å². The molecule has 1 saturated carbocycles. The maximum absolute atomic E-state index is 13.0. The van der Waals surface area contributed by atoms with E-state index in [9.17, 15) is 9.18 Å². The Morgan fingerprint density at radius 1 is 1.12 bits per heavy atom. The summed E-state index contributed by atoms with van der Waals surface area (Å²) in [7, 11) is 0. The average molecular weight is 336 g/mol. The minimum Gasteiger partial charge on any atom is -0.451 e. The third-order valence-corrected chi connectivity index (χ3v) is 4.25. The number of nitrogens with zero attached hydrogens (tertiary/aromatic N) is 2. The number of hydrogen-bond acceptors (Lipinski definition) is 3. The molecule has 0 radical (unpaired) electrons. The van der Waals surface area contributed by atoms with Crippen LogP contribution in [0.25, 0.3) is 11.3 Å². The Morgan fingerprint density at radius 2 is 1.92 bits per heavy atom. The lowest BCUT2D eigenvalue weighted by Gasteiger charge is -2.20. The van der Waals surface area contributed by atoms with Gasteiger partial charge < -0.3 is 9.32 Å². The number of hydrogen-bond donors (Lipinski definition) is 0. The van der Waals surface area contributed by atoms with Gasteiger partial charge in [0.05, 0.1) is 12.2 Å². The summed E-state index contributed by atoms with van der Waals surface area (Å²) >= 11 is 0. The molecule has 1 amide bonds. The van der Waals surface area contributed by atoms with Crippen molar-refractivity contribution in [1.29, 1.82) is 0 Å². The van der Waals surface area contributed by atoms with Crippen molar-refractivity contribution in [3.63, 3.8) is 0 Å². The molecular formula is C20H17FN2O2. The molecule has 5 heteroatoms. The summed E-state index contributed by atoms with van der Waals surface area (Å²) < 4.78 is 18.8. The molecule has 0 spiro atoms. The van der Waals surface area contributed by atoms with Crippen LogP contribution < -0.4 is 0 Å². The number of amides is 1. The highest BCUT2D eigenvalue weighted by Gasteiger charge is 2.34. The van der Waals surface area contributed by atoms with Crippen molar-refractivity contribution in [2.45, 2.75) is 25.4 Å². The molecule has 1 aliphatic rings. The van der Waals surface area contributed by atoms with E-state index < -0.39 is 0 Å². The van der Waals surface area contributed by atoms with Gasteiger partial charge in [-0.1, -0.05) is 6.07 Å². The zero-order chi connectivity index (χ0) is 17.2. The van der Waals surface area contributed by atoms with E-state index in [0.717, 1.165) is 24.1 Å². The van der Waals surface area contributed by atoms with Crippen LogP contribution in [-0.2, 0) is 6.54 Å². The van der Waals surface area contributed by atoms with Gasteiger partial charge in [-0.05, 0) is 61.4 Å². The van der Waals surface area contributed by atoms with Crippen molar-refractivity contribution in [2.24, 2.45) is 0 Å². The fraction of sp³-hybridized carbons (Fsp3) is 0.200. The summed E-state index contributed by atoms with van der Waals surface area (Å²) in [6, 6.07) is 15.4. The van der Waals surface area contributed by atoms with Crippen LogP contribution in [0.15, 0.2) is 65.2 Å². The first kappa shape index (κ1) is 15.6. The third-order valence-electron chi connectivity index (χ3n) is 4.25. The van der Waals surface area contributed by atoms with Gasteiger partial charge >= 0.3 is 0 Å². The molecular weight excluding hydrogens is 319 g/mol. The molecule has 0 saturated heterocycles. The quantitative estimate of drug-likeness (QED) is 0.698. The van der Waals surface area contributed by atoms with Crippen LogP contribution in [0.4, 0.5) is 4.39 Å². The summed E-state index contributed by atoms with van der Waals surface area (Å²) in [5.41, 5.74) is 1.59. The fourth-order valence-corrected chi connectivity index (χ4v) is 2.78. The van der Waals surface area contributed by atoms with Gasteiger partial charge in [0.15, 0.2) is 5.76 Å². The van der Waals surface area contributed by atoms with Crippen molar-refractivity contribution < 1.29 is 13.6 Å². The number of benzene rings is 1. The fourth-order valence-electron chi connectivity index (χ4n) is 2.78. The Morgan fingerprint density at radius 3 is 2.60 bits per heavy atom. The second kappa shape index (κ2) is 6.51. The molecule has 0 unspecified atom stereocenters. The van der Waals surface area contributed by atoms with E-state index >= 15 is 0 Å². The summed E-state index contributed by atoms with van der Waals surface area (Å²) in [5.74, 6) is 0.405. The minimum atomic E-state index is -0.304. The number of aromatic nitrogens is 1. The van der Waals surface area contributed by atoms with Crippen LogP contribution in [0, 0.1) is 5.82 Å². The van der Waals surface area contributed by atoms with Gasteiger partial charge in [-0.3, -0.25) is 9.78 Å². The zero-order valence-electron chi connectivity index (χ0n) is 13.6. The molecule has 0 aliphatic heterocycles. The Hall–Kier alpha value is -2.95. The summed E-state index contributed by atoms with van der Waals surface area (Å²) in [6.07, 6.45) is 3.73. The Kier molecular flexibility index (Phi) is 4.06. The van der Waals surface area contributed by atoms with Crippen molar-refractivity contribution in [3.8, 4) is 11.3 Å². The van der Waals surface area contributed by atoms with Crippen molar-refractivity contribution >= 4 is 5.91 Å². The summed E-state index contributed by atoms with van der Waals surface area (Å²) in [4.78, 5) is 19.0. The lowest BCUT2D eigenvalue weighted by molar-refractivity contribution is 0.0696. The number of furan rings is 1. The van der Waals surface area contributed by atoms with Gasteiger partial charge in [0.25, 0.3) is 5.91 Å².